The van der Waals surface area contributed by atoms with Crippen LogP contribution in [0.1, 0.15) is 37.8 Å². The summed E-state index contributed by atoms with van der Waals surface area (Å²) in [6.45, 7) is 2.07. The molecule has 2 aliphatic rings. The molecule has 0 amide bonds. The van der Waals surface area contributed by atoms with E-state index in [2.05, 4.69) is 10.3 Å². The highest BCUT2D eigenvalue weighted by molar-refractivity contribution is 5.39. The number of hydrogen-bond donors (Lipinski definition) is 1. The molecule has 1 aromatic heterocycles. The summed E-state index contributed by atoms with van der Waals surface area (Å²) >= 11 is 0. The van der Waals surface area contributed by atoms with Crippen molar-refractivity contribution in [1.29, 1.82) is 0 Å². The molecule has 98 valence electrons. The van der Waals surface area contributed by atoms with Crippen LogP contribution in [0, 0.1) is 0 Å². The molecule has 1 aromatic rings. The average molecular weight is 248 g/mol. The van der Waals surface area contributed by atoms with Crippen LogP contribution in [-0.4, -0.2) is 24.2 Å². The minimum absolute atomic E-state index is 0.619. The van der Waals surface area contributed by atoms with Crippen molar-refractivity contribution in [3.05, 3.63) is 18.0 Å². The number of nitrogens with zero attached hydrogens (tertiary/aromatic N) is 1. The molecular weight excluding hydrogens is 228 g/mol. The van der Waals surface area contributed by atoms with Gasteiger partial charge in [-0.1, -0.05) is 19.3 Å². The van der Waals surface area contributed by atoms with E-state index in [4.69, 9.17) is 9.47 Å². The summed E-state index contributed by atoms with van der Waals surface area (Å²) in [7, 11) is 0. The number of rotatable bonds is 3. The Labute approximate surface area is 108 Å². The molecule has 2 heterocycles. The van der Waals surface area contributed by atoms with E-state index in [9.17, 15) is 0 Å². The molecule has 4 nitrogen and oxygen atoms in total. The van der Waals surface area contributed by atoms with Gasteiger partial charge >= 0.3 is 0 Å². The molecule has 1 aliphatic heterocycles. The Morgan fingerprint density at radius 3 is 2.72 bits per heavy atom. The van der Waals surface area contributed by atoms with Crippen molar-refractivity contribution in [3.63, 3.8) is 0 Å². The SMILES string of the molecule is c1nc(CNC2CCCCC2)cc2c1OCCO2. The van der Waals surface area contributed by atoms with Crippen LogP contribution in [0.3, 0.4) is 0 Å². The molecule has 0 radical (unpaired) electrons. The fraction of sp³-hybridized carbons (Fsp3) is 0.643. The van der Waals surface area contributed by atoms with Gasteiger partial charge in [-0.05, 0) is 12.8 Å². The summed E-state index contributed by atoms with van der Waals surface area (Å²) < 4.78 is 11.0. The van der Waals surface area contributed by atoms with Crippen LogP contribution in [0.25, 0.3) is 0 Å². The molecule has 1 saturated carbocycles. The molecule has 0 spiro atoms. The van der Waals surface area contributed by atoms with Gasteiger partial charge in [0.25, 0.3) is 0 Å². The third-order valence-electron chi connectivity index (χ3n) is 3.66. The molecule has 0 bridgehead atoms. The lowest BCUT2D eigenvalue weighted by Gasteiger charge is -2.23. The summed E-state index contributed by atoms with van der Waals surface area (Å²) in [5.41, 5.74) is 1.03. The zero-order valence-corrected chi connectivity index (χ0v) is 10.7. The zero-order chi connectivity index (χ0) is 12.2. The van der Waals surface area contributed by atoms with Crippen LogP contribution in [0.4, 0.5) is 0 Å². The summed E-state index contributed by atoms with van der Waals surface area (Å²) in [6.07, 6.45) is 8.46. The second-order valence-electron chi connectivity index (χ2n) is 5.04. The molecule has 3 rings (SSSR count). The van der Waals surface area contributed by atoms with E-state index >= 15 is 0 Å². The second kappa shape index (κ2) is 5.57. The van der Waals surface area contributed by atoms with Crippen LogP contribution in [0.15, 0.2) is 12.3 Å². The van der Waals surface area contributed by atoms with Crippen molar-refractivity contribution in [2.75, 3.05) is 13.2 Å². The van der Waals surface area contributed by atoms with Crippen LogP contribution >= 0.6 is 0 Å². The molecule has 1 aliphatic carbocycles. The molecule has 4 heteroatoms. The van der Waals surface area contributed by atoms with E-state index in [0.29, 0.717) is 19.3 Å². The number of hydrogen-bond acceptors (Lipinski definition) is 4. The van der Waals surface area contributed by atoms with Gasteiger partial charge in [-0.25, -0.2) is 0 Å². The van der Waals surface area contributed by atoms with Crippen LogP contribution in [0.2, 0.25) is 0 Å². The Morgan fingerprint density at radius 1 is 1.11 bits per heavy atom. The minimum atomic E-state index is 0.619. The fourth-order valence-electron chi connectivity index (χ4n) is 2.64. The lowest BCUT2D eigenvalue weighted by atomic mass is 9.95. The first kappa shape index (κ1) is 11.8. The van der Waals surface area contributed by atoms with Gasteiger partial charge in [0.2, 0.25) is 0 Å². The lowest BCUT2D eigenvalue weighted by Crippen LogP contribution is -2.30. The van der Waals surface area contributed by atoms with E-state index in [0.717, 1.165) is 23.7 Å². The third kappa shape index (κ3) is 2.75. The zero-order valence-electron chi connectivity index (χ0n) is 10.7. The third-order valence-corrected chi connectivity index (χ3v) is 3.66. The molecule has 0 aromatic carbocycles. The van der Waals surface area contributed by atoms with E-state index in [1.807, 2.05) is 6.07 Å². The highest BCUT2D eigenvalue weighted by atomic mass is 16.6. The first-order valence-corrected chi connectivity index (χ1v) is 6.90. The van der Waals surface area contributed by atoms with E-state index in [1.54, 1.807) is 6.20 Å². The van der Waals surface area contributed by atoms with Crippen molar-refractivity contribution in [3.8, 4) is 11.5 Å². The van der Waals surface area contributed by atoms with Gasteiger partial charge in [0.15, 0.2) is 11.5 Å². The maximum Gasteiger partial charge on any atom is 0.179 e. The van der Waals surface area contributed by atoms with Gasteiger partial charge in [0, 0.05) is 18.7 Å². The van der Waals surface area contributed by atoms with Crippen molar-refractivity contribution in [2.24, 2.45) is 0 Å². The largest absolute Gasteiger partial charge is 0.486 e. The predicted molar refractivity (Wildman–Crippen MR) is 68.9 cm³/mol. The topological polar surface area (TPSA) is 43.4 Å². The maximum absolute atomic E-state index is 5.56. The lowest BCUT2D eigenvalue weighted by molar-refractivity contribution is 0.170. The van der Waals surface area contributed by atoms with Gasteiger partial charge in [0.1, 0.15) is 13.2 Å². The second-order valence-corrected chi connectivity index (χ2v) is 5.04. The molecule has 0 saturated heterocycles. The Balaban J connectivity index is 1.58. The van der Waals surface area contributed by atoms with Crippen molar-refractivity contribution in [1.82, 2.24) is 10.3 Å². The first-order valence-electron chi connectivity index (χ1n) is 6.90. The number of fused-ring (bicyclic) bond motifs is 1. The highest BCUT2D eigenvalue weighted by Gasteiger charge is 2.15. The average Bonchev–Trinajstić information content (AvgIpc) is 2.46. The van der Waals surface area contributed by atoms with Crippen molar-refractivity contribution < 1.29 is 9.47 Å². The van der Waals surface area contributed by atoms with Gasteiger partial charge < -0.3 is 14.8 Å². The maximum atomic E-state index is 5.56. The number of nitrogens with one attached hydrogen (secondary N) is 1. The monoisotopic (exact) mass is 248 g/mol. The Morgan fingerprint density at radius 2 is 1.89 bits per heavy atom. The molecule has 18 heavy (non-hydrogen) atoms. The Kier molecular flexibility index (Phi) is 3.64. The van der Waals surface area contributed by atoms with Crippen LogP contribution < -0.4 is 14.8 Å². The quantitative estimate of drug-likeness (QED) is 0.891. The summed E-state index contributed by atoms with van der Waals surface area (Å²) in [4.78, 5) is 4.41. The standard InChI is InChI=1S/C14H20N2O2/c1-2-4-11(5-3-1)15-9-12-8-13-14(10-16-12)18-7-6-17-13/h8,10-11,15H,1-7,9H2. The van der Waals surface area contributed by atoms with Gasteiger partial charge in [-0.2, -0.15) is 0 Å². The van der Waals surface area contributed by atoms with Crippen molar-refractivity contribution >= 4 is 0 Å². The normalized spacial score (nSPS) is 19.8. The number of pyridine rings is 1. The summed E-state index contributed by atoms with van der Waals surface area (Å²) in [5, 5.41) is 3.59. The fourth-order valence-corrected chi connectivity index (χ4v) is 2.64. The predicted octanol–water partition coefficient (Wildman–Crippen LogP) is 2.28. The first-order chi connectivity index (χ1) is 8.92. The number of aromatic nitrogens is 1. The smallest absolute Gasteiger partial charge is 0.179 e. The molecule has 0 atom stereocenters. The summed E-state index contributed by atoms with van der Waals surface area (Å²) in [5.74, 6) is 1.60. The van der Waals surface area contributed by atoms with E-state index < -0.39 is 0 Å². The van der Waals surface area contributed by atoms with Crippen LogP contribution in [0.5, 0.6) is 11.5 Å². The molecule has 1 fully saturated rings. The Bertz CT molecular complexity index is 403. The van der Waals surface area contributed by atoms with Gasteiger partial charge in [-0.3, -0.25) is 4.98 Å². The highest BCUT2D eigenvalue weighted by Crippen LogP contribution is 2.29. The van der Waals surface area contributed by atoms with E-state index in [1.165, 1.54) is 32.1 Å². The van der Waals surface area contributed by atoms with Gasteiger partial charge in [0.05, 0.1) is 11.9 Å². The molecule has 1 N–H and O–H groups in total. The van der Waals surface area contributed by atoms with E-state index in [-0.39, 0.29) is 0 Å². The Hall–Kier alpha value is -1.29. The summed E-state index contributed by atoms with van der Waals surface area (Å²) in [6, 6.07) is 2.65. The molecule has 0 unspecified atom stereocenters. The van der Waals surface area contributed by atoms with Crippen molar-refractivity contribution in [2.45, 2.75) is 44.7 Å². The minimum Gasteiger partial charge on any atom is -0.486 e. The van der Waals surface area contributed by atoms with Crippen LogP contribution in [-0.2, 0) is 6.54 Å². The number of ether oxygens (including phenoxy) is 2. The molecular formula is C14H20N2O2. The van der Waals surface area contributed by atoms with Gasteiger partial charge in [-0.15, -0.1) is 0 Å².